The maximum Gasteiger partial charge on any atom is 0.261 e. The molecule has 4 rings (SSSR count). The van der Waals surface area contributed by atoms with Crippen LogP contribution in [-0.2, 0) is 18.3 Å². The third kappa shape index (κ3) is 5.04. The monoisotopic (exact) mass is 476 g/mol. The molecule has 0 atom stereocenters. The van der Waals surface area contributed by atoms with E-state index in [4.69, 9.17) is 0 Å². The highest BCUT2D eigenvalue weighted by atomic mass is 32.2. The Morgan fingerprint density at radius 2 is 1.85 bits per heavy atom. The number of pyridine rings is 1. The predicted octanol–water partition coefficient (Wildman–Crippen LogP) is 3.88. The summed E-state index contributed by atoms with van der Waals surface area (Å²) >= 11 is 1.30. The fourth-order valence-corrected chi connectivity index (χ4v) is 4.38. The predicted molar refractivity (Wildman–Crippen MR) is 135 cm³/mol. The molecule has 3 aromatic heterocycles. The van der Waals surface area contributed by atoms with Crippen LogP contribution in [0.2, 0.25) is 0 Å². The molecular formula is C25H28N6O2S. The van der Waals surface area contributed by atoms with Crippen molar-refractivity contribution >= 4 is 29.0 Å². The molecule has 9 heteroatoms. The summed E-state index contributed by atoms with van der Waals surface area (Å²) in [5.41, 5.74) is 4.82. The van der Waals surface area contributed by atoms with Gasteiger partial charge in [-0.15, -0.1) is 10.2 Å². The van der Waals surface area contributed by atoms with Gasteiger partial charge in [-0.3, -0.25) is 14.0 Å². The molecule has 1 aromatic carbocycles. The molecule has 0 fully saturated rings. The Balaban J connectivity index is 1.44. The summed E-state index contributed by atoms with van der Waals surface area (Å²) in [6.45, 7) is 8.07. The third-order valence-corrected chi connectivity index (χ3v) is 6.76. The minimum absolute atomic E-state index is 0.109. The van der Waals surface area contributed by atoms with E-state index in [9.17, 15) is 9.59 Å². The van der Waals surface area contributed by atoms with Crippen LogP contribution in [0, 0.1) is 13.8 Å². The van der Waals surface area contributed by atoms with Crippen molar-refractivity contribution in [2.24, 2.45) is 7.05 Å². The van der Waals surface area contributed by atoms with E-state index >= 15 is 0 Å². The van der Waals surface area contributed by atoms with Gasteiger partial charge >= 0.3 is 0 Å². The van der Waals surface area contributed by atoms with Crippen molar-refractivity contribution in [2.45, 2.75) is 45.2 Å². The fraction of sp³-hybridized carbons (Fsp3) is 0.320. The van der Waals surface area contributed by atoms with Gasteiger partial charge in [0.05, 0.1) is 5.75 Å². The Bertz CT molecular complexity index is 1410. The van der Waals surface area contributed by atoms with Gasteiger partial charge in [-0.25, -0.2) is 4.98 Å². The first-order valence-electron chi connectivity index (χ1n) is 11.1. The van der Waals surface area contributed by atoms with Gasteiger partial charge in [0.25, 0.3) is 5.56 Å². The maximum atomic E-state index is 13.0. The van der Waals surface area contributed by atoms with Crippen molar-refractivity contribution in [3.8, 4) is 0 Å². The summed E-state index contributed by atoms with van der Waals surface area (Å²) in [6.07, 6.45) is 2.06. The van der Waals surface area contributed by atoms with Gasteiger partial charge in [-0.1, -0.05) is 37.7 Å². The second kappa shape index (κ2) is 9.80. The lowest BCUT2D eigenvalue weighted by molar-refractivity contribution is -0.113. The summed E-state index contributed by atoms with van der Waals surface area (Å²) in [5.74, 6) is 1.17. The van der Waals surface area contributed by atoms with Gasteiger partial charge in [-0.05, 0) is 55.2 Å². The summed E-state index contributed by atoms with van der Waals surface area (Å²) in [6, 6.07) is 11.6. The number of rotatable bonds is 7. The number of amides is 1. The number of hydrogen-bond acceptors (Lipinski definition) is 6. The van der Waals surface area contributed by atoms with E-state index in [1.54, 1.807) is 10.6 Å². The average molecular weight is 477 g/mol. The van der Waals surface area contributed by atoms with Gasteiger partial charge in [0.2, 0.25) is 5.91 Å². The summed E-state index contributed by atoms with van der Waals surface area (Å²) in [5, 5.41) is 12.0. The largest absolute Gasteiger partial charge is 0.325 e. The molecule has 0 radical (unpaired) electrons. The van der Waals surface area contributed by atoms with E-state index in [0.29, 0.717) is 40.2 Å². The topological polar surface area (TPSA) is 94.2 Å². The van der Waals surface area contributed by atoms with Crippen molar-refractivity contribution in [2.75, 3.05) is 11.1 Å². The lowest BCUT2D eigenvalue weighted by Gasteiger charge is -2.09. The Labute approximate surface area is 202 Å². The molecule has 3 heterocycles. The van der Waals surface area contributed by atoms with E-state index in [2.05, 4.69) is 34.3 Å². The molecule has 8 nitrogen and oxygen atoms in total. The standard InChI is InChI=1S/C25H28N6O2S/c1-15(2)18-6-8-19(9-7-18)27-23(32)14-34-25-29-28-22(30(25)5)13-20-17(4)26-21-12-16(3)10-11-31(21)24(20)33/h6-12,15H,13-14H2,1-5H3,(H,27,32). The first-order valence-corrected chi connectivity index (χ1v) is 12.1. The Morgan fingerprint density at radius 3 is 2.56 bits per heavy atom. The number of carbonyl (C=O) groups is 1. The normalized spacial score (nSPS) is 11.4. The number of nitrogens with zero attached hydrogens (tertiary/aromatic N) is 5. The molecule has 176 valence electrons. The number of nitrogens with one attached hydrogen (secondary N) is 1. The van der Waals surface area contributed by atoms with E-state index < -0.39 is 0 Å². The lowest BCUT2D eigenvalue weighted by Crippen LogP contribution is -2.22. The van der Waals surface area contributed by atoms with Gasteiger partial charge in [0.15, 0.2) is 5.16 Å². The number of carbonyl (C=O) groups excluding carboxylic acids is 1. The number of benzene rings is 1. The van der Waals surface area contributed by atoms with Crippen LogP contribution in [0.1, 0.15) is 48.0 Å². The summed E-state index contributed by atoms with van der Waals surface area (Å²) in [7, 11) is 1.84. The number of aryl methyl sites for hydroxylation is 2. The van der Waals surface area contributed by atoms with Crippen molar-refractivity contribution in [1.82, 2.24) is 24.1 Å². The van der Waals surface area contributed by atoms with E-state index in [-0.39, 0.29) is 17.2 Å². The summed E-state index contributed by atoms with van der Waals surface area (Å²) < 4.78 is 3.37. The van der Waals surface area contributed by atoms with Crippen LogP contribution in [0.25, 0.3) is 5.65 Å². The van der Waals surface area contributed by atoms with Crippen LogP contribution in [-0.4, -0.2) is 35.8 Å². The van der Waals surface area contributed by atoms with Crippen LogP contribution in [0.4, 0.5) is 5.69 Å². The number of hydrogen-bond donors (Lipinski definition) is 1. The van der Waals surface area contributed by atoms with E-state index in [1.165, 1.54) is 17.3 Å². The second-order valence-corrected chi connectivity index (χ2v) is 9.60. The van der Waals surface area contributed by atoms with Crippen LogP contribution < -0.4 is 10.9 Å². The fourth-order valence-electron chi connectivity index (χ4n) is 3.65. The average Bonchev–Trinajstić information content (AvgIpc) is 3.14. The quantitative estimate of drug-likeness (QED) is 0.407. The summed E-state index contributed by atoms with van der Waals surface area (Å²) in [4.78, 5) is 30.0. The van der Waals surface area contributed by atoms with Crippen LogP contribution in [0.5, 0.6) is 0 Å². The van der Waals surface area contributed by atoms with Crippen molar-refractivity contribution in [3.63, 3.8) is 0 Å². The Morgan fingerprint density at radius 1 is 1.12 bits per heavy atom. The van der Waals surface area contributed by atoms with Crippen molar-refractivity contribution in [1.29, 1.82) is 0 Å². The molecule has 0 saturated heterocycles. The molecule has 0 spiro atoms. The minimum atomic E-state index is -0.116. The van der Waals surface area contributed by atoms with Crippen molar-refractivity contribution in [3.05, 3.63) is 81.2 Å². The number of fused-ring (bicyclic) bond motifs is 1. The third-order valence-electron chi connectivity index (χ3n) is 5.74. The minimum Gasteiger partial charge on any atom is -0.325 e. The molecule has 1 N–H and O–H groups in total. The highest BCUT2D eigenvalue weighted by Crippen LogP contribution is 2.20. The molecule has 4 aromatic rings. The molecule has 0 aliphatic heterocycles. The first-order chi connectivity index (χ1) is 16.2. The smallest absolute Gasteiger partial charge is 0.261 e. The first kappa shape index (κ1) is 23.7. The Kier molecular flexibility index (Phi) is 6.83. The molecule has 0 unspecified atom stereocenters. The van der Waals surface area contributed by atoms with Crippen LogP contribution in [0.3, 0.4) is 0 Å². The van der Waals surface area contributed by atoms with E-state index in [0.717, 1.165) is 11.3 Å². The lowest BCUT2D eigenvalue weighted by atomic mass is 10.0. The van der Waals surface area contributed by atoms with Crippen LogP contribution in [0.15, 0.2) is 52.5 Å². The number of anilines is 1. The molecule has 0 bridgehead atoms. The zero-order chi connectivity index (χ0) is 24.4. The molecular weight excluding hydrogens is 448 g/mol. The SMILES string of the molecule is Cc1ccn2c(=O)c(Cc3nnc(SCC(=O)Nc4ccc(C(C)C)cc4)n3C)c(C)nc2c1. The highest BCUT2D eigenvalue weighted by Gasteiger charge is 2.16. The molecule has 0 aliphatic rings. The molecule has 0 saturated carbocycles. The van der Waals surface area contributed by atoms with E-state index in [1.807, 2.05) is 61.9 Å². The van der Waals surface area contributed by atoms with Gasteiger partial charge in [0.1, 0.15) is 11.5 Å². The number of thioether (sulfide) groups is 1. The maximum absolute atomic E-state index is 13.0. The Hall–Kier alpha value is -3.46. The number of aromatic nitrogens is 5. The second-order valence-electron chi connectivity index (χ2n) is 8.66. The van der Waals surface area contributed by atoms with Crippen LogP contribution >= 0.6 is 11.8 Å². The molecule has 0 aliphatic carbocycles. The zero-order valence-electron chi connectivity index (χ0n) is 20.0. The highest BCUT2D eigenvalue weighted by molar-refractivity contribution is 7.99. The van der Waals surface area contributed by atoms with Gasteiger partial charge in [-0.2, -0.15) is 0 Å². The molecule has 1 amide bonds. The van der Waals surface area contributed by atoms with Gasteiger partial charge in [0, 0.05) is 36.6 Å². The van der Waals surface area contributed by atoms with Gasteiger partial charge < -0.3 is 9.88 Å². The zero-order valence-corrected chi connectivity index (χ0v) is 20.8. The molecule has 34 heavy (non-hydrogen) atoms. The van der Waals surface area contributed by atoms with Crippen molar-refractivity contribution < 1.29 is 4.79 Å².